The van der Waals surface area contributed by atoms with Crippen LogP contribution in [0.15, 0.2) is 71.5 Å². The topological polar surface area (TPSA) is 51.1 Å². The number of nitrogens with zero attached hydrogens (tertiary/aromatic N) is 1. The molecule has 5 heteroatoms. The first-order valence-electron chi connectivity index (χ1n) is 9.61. The molecule has 4 rings (SSSR count). The fourth-order valence-electron chi connectivity index (χ4n) is 3.66. The first-order chi connectivity index (χ1) is 14.0. The fraction of sp³-hybridized carbons (Fsp3) is 0.167. The highest BCUT2D eigenvalue weighted by atomic mass is 35.5. The zero-order valence-corrected chi connectivity index (χ0v) is 16.9. The molecule has 0 fully saturated rings. The molecule has 0 spiro atoms. The smallest absolute Gasteiger partial charge is 0.224 e. The van der Waals surface area contributed by atoms with Gasteiger partial charge in [-0.15, -0.1) is 0 Å². The van der Waals surface area contributed by atoms with Crippen LogP contribution in [0.3, 0.4) is 0 Å². The van der Waals surface area contributed by atoms with Crippen LogP contribution in [0.1, 0.15) is 18.4 Å². The molecule has 146 valence electrons. The number of carbonyl (C=O) groups is 1. The minimum Gasteiger partial charge on any atom is -0.340 e. The predicted molar refractivity (Wildman–Crippen MR) is 120 cm³/mol. The maximum atomic E-state index is 12.9. The van der Waals surface area contributed by atoms with Crippen molar-refractivity contribution in [2.24, 2.45) is 0 Å². The second kappa shape index (κ2) is 8.10. The van der Waals surface area contributed by atoms with Gasteiger partial charge in [0, 0.05) is 23.7 Å². The molecule has 0 atom stereocenters. The van der Waals surface area contributed by atoms with Gasteiger partial charge in [-0.1, -0.05) is 47.5 Å². The lowest BCUT2D eigenvalue weighted by Gasteiger charge is -2.15. The van der Waals surface area contributed by atoms with Crippen molar-refractivity contribution in [3.63, 3.8) is 0 Å². The predicted octanol–water partition coefficient (Wildman–Crippen LogP) is 5.54. The van der Waals surface area contributed by atoms with Crippen LogP contribution < -0.4 is 10.7 Å². The van der Waals surface area contributed by atoms with E-state index in [4.69, 9.17) is 11.6 Å². The number of amides is 1. The molecule has 0 unspecified atom stereocenters. The molecule has 29 heavy (non-hydrogen) atoms. The summed E-state index contributed by atoms with van der Waals surface area (Å²) in [5.74, 6) is -0.0800. The Morgan fingerprint density at radius 1 is 0.966 bits per heavy atom. The second-order valence-corrected chi connectivity index (χ2v) is 7.56. The summed E-state index contributed by atoms with van der Waals surface area (Å²) in [6, 6.07) is 20.8. The second-order valence-electron chi connectivity index (χ2n) is 7.15. The van der Waals surface area contributed by atoms with Gasteiger partial charge >= 0.3 is 0 Å². The number of hydrogen-bond donors (Lipinski definition) is 1. The standard InChI is InChI=1S/C24H21ClN2O2/c1-16-12-13-22-18(15-16)24(29)17-7-2-5-10-21(17)27(22)14-6-11-23(28)26-20-9-4-3-8-19(20)25/h2-5,7-10,12-13,15H,6,11,14H2,1H3,(H,26,28). The van der Waals surface area contributed by atoms with E-state index in [1.807, 2.05) is 61.5 Å². The van der Waals surface area contributed by atoms with Crippen LogP contribution in [0.2, 0.25) is 5.02 Å². The van der Waals surface area contributed by atoms with E-state index < -0.39 is 0 Å². The van der Waals surface area contributed by atoms with Crippen molar-refractivity contribution in [3.8, 4) is 0 Å². The van der Waals surface area contributed by atoms with E-state index in [2.05, 4.69) is 9.88 Å². The van der Waals surface area contributed by atoms with E-state index in [1.165, 1.54) is 0 Å². The van der Waals surface area contributed by atoms with Crippen molar-refractivity contribution < 1.29 is 4.79 Å². The maximum Gasteiger partial charge on any atom is 0.224 e. The normalized spacial score (nSPS) is 11.1. The molecule has 3 aromatic carbocycles. The highest BCUT2D eigenvalue weighted by Crippen LogP contribution is 2.22. The molecule has 0 aliphatic carbocycles. The molecule has 4 aromatic rings. The van der Waals surface area contributed by atoms with Gasteiger partial charge in [0.25, 0.3) is 0 Å². The highest BCUT2D eigenvalue weighted by molar-refractivity contribution is 6.33. The van der Waals surface area contributed by atoms with Gasteiger partial charge in [0.2, 0.25) is 5.91 Å². The summed E-state index contributed by atoms with van der Waals surface area (Å²) < 4.78 is 2.13. The summed E-state index contributed by atoms with van der Waals surface area (Å²) in [7, 11) is 0. The number of benzene rings is 3. The Morgan fingerprint density at radius 2 is 1.69 bits per heavy atom. The van der Waals surface area contributed by atoms with Gasteiger partial charge in [0.05, 0.1) is 21.7 Å². The van der Waals surface area contributed by atoms with Crippen LogP contribution in [0.5, 0.6) is 0 Å². The van der Waals surface area contributed by atoms with Crippen molar-refractivity contribution in [1.29, 1.82) is 0 Å². The summed E-state index contributed by atoms with van der Waals surface area (Å²) in [5.41, 5.74) is 3.50. The molecule has 0 bridgehead atoms. The van der Waals surface area contributed by atoms with E-state index in [-0.39, 0.29) is 11.3 Å². The Labute approximate surface area is 173 Å². The summed E-state index contributed by atoms with van der Waals surface area (Å²) >= 11 is 6.11. The number of rotatable bonds is 5. The Bertz CT molecular complexity index is 1280. The lowest BCUT2D eigenvalue weighted by Crippen LogP contribution is -2.15. The lowest BCUT2D eigenvalue weighted by molar-refractivity contribution is -0.116. The van der Waals surface area contributed by atoms with E-state index in [0.717, 1.165) is 16.6 Å². The van der Waals surface area contributed by atoms with Gasteiger partial charge < -0.3 is 9.88 Å². The van der Waals surface area contributed by atoms with Crippen molar-refractivity contribution in [2.45, 2.75) is 26.3 Å². The Balaban J connectivity index is 1.60. The number of para-hydroxylation sites is 2. The number of aromatic nitrogens is 1. The van der Waals surface area contributed by atoms with E-state index in [0.29, 0.717) is 40.9 Å². The third kappa shape index (κ3) is 3.89. The monoisotopic (exact) mass is 404 g/mol. The Kier molecular flexibility index (Phi) is 5.36. The van der Waals surface area contributed by atoms with Gasteiger partial charge in [0.15, 0.2) is 5.43 Å². The number of anilines is 1. The molecular formula is C24H21ClN2O2. The SMILES string of the molecule is Cc1ccc2c(c1)c(=O)c1ccccc1n2CCCC(=O)Nc1ccccc1Cl. The average Bonchev–Trinajstić information content (AvgIpc) is 2.72. The van der Waals surface area contributed by atoms with Gasteiger partial charge in [-0.3, -0.25) is 9.59 Å². The van der Waals surface area contributed by atoms with E-state index in [9.17, 15) is 9.59 Å². The van der Waals surface area contributed by atoms with Gasteiger partial charge in [-0.25, -0.2) is 0 Å². The van der Waals surface area contributed by atoms with Crippen molar-refractivity contribution in [3.05, 3.63) is 87.5 Å². The van der Waals surface area contributed by atoms with Crippen LogP contribution in [0, 0.1) is 6.92 Å². The Morgan fingerprint density at radius 3 is 2.52 bits per heavy atom. The number of nitrogens with one attached hydrogen (secondary N) is 1. The molecule has 0 saturated heterocycles. The summed E-state index contributed by atoms with van der Waals surface area (Å²) in [6.07, 6.45) is 1.01. The molecule has 4 nitrogen and oxygen atoms in total. The zero-order valence-electron chi connectivity index (χ0n) is 16.1. The number of carbonyl (C=O) groups excluding carboxylic acids is 1. The fourth-order valence-corrected chi connectivity index (χ4v) is 3.84. The van der Waals surface area contributed by atoms with E-state index >= 15 is 0 Å². The van der Waals surface area contributed by atoms with Crippen molar-refractivity contribution >= 4 is 45.0 Å². The summed E-state index contributed by atoms with van der Waals surface area (Å²) in [5, 5.41) is 4.79. The van der Waals surface area contributed by atoms with Crippen LogP contribution in [-0.2, 0) is 11.3 Å². The quantitative estimate of drug-likeness (QED) is 0.444. The third-order valence-electron chi connectivity index (χ3n) is 5.06. The number of aryl methyl sites for hydroxylation is 2. The lowest BCUT2D eigenvalue weighted by atomic mass is 10.1. The summed E-state index contributed by atoms with van der Waals surface area (Å²) in [4.78, 5) is 25.3. The van der Waals surface area contributed by atoms with Crippen LogP contribution in [0.25, 0.3) is 21.8 Å². The highest BCUT2D eigenvalue weighted by Gasteiger charge is 2.11. The molecule has 0 saturated carbocycles. The van der Waals surface area contributed by atoms with Crippen LogP contribution in [0.4, 0.5) is 5.69 Å². The van der Waals surface area contributed by atoms with Crippen LogP contribution in [-0.4, -0.2) is 10.5 Å². The van der Waals surface area contributed by atoms with Crippen molar-refractivity contribution in [1.82, 2.24) is 4.57 Å². The molecule has 1 amide bonds. The number of halogens is 1. The molecule has 1 heterocycles. The molecule has 0 aliphatic heterocycles. The van der Waals surface area contributed by atoms with Gasteiger partial charge in [-0.05, 0) is 49.7 Å². The first-order valence-corrected chi connectivity index (χ1v) is 9.98. The van der Waals surface area contributed by atoms with Gasteiger partial charge in [-0.2, -0.15) is 0 Å². The van der Waals surface area contributed by atoms with Crippen molar-refractivity contribution in [2.75, 3.05) is 5.32 Å². The maximum absolute atomic E-state index is 12.9. The minimum atomic E-state index is -0.0800. The third-order valence-corrected chi connectivity index (χ3v) is 5.39. The first kappa shape index (κ1) is 19.2. The molecule has 0 aliphatic rings. The number of hydrogen-bond acceptors (Lipinski definition) is 2. The Hall–Kier alpha value is -3.11. The molecule has 1 N–H and O–H groups in total. The molecule has 0 radical (unpaired) electrons. The van der Waals surface area contributed by atoms with Gasteiger partial charge in [0.1, 0.15) is 0 Å². The van der Waals surface area contributed by atoms with E-state index in [1.54, 1.807) is 12.1 Å². The number of fused-ring (bicyclic) bond motifs is 2. The molecular weight excluding hydrogens is 384 g/mol. The number of pyridine rings is 1. The average molecular weight is 405 g/mol. The largest absolute Gasteiger partial charge is 0.340 e. The zero-order chi connectivity index (χ0) is 20.4. The minimum absolute atomic E-state index is 0.0482. The summed E-state index contributed by atoms with van der Waals surface area (Å²) in [6.45, 7) is 2.62. The van der Waals surface area contributed by atoms with Crippen LogP contribution >= 0.6 is 11.6 Å². The molecule has 1 aromatic heterocycles.